The monoisotopic (exact) mass is 472 g/mol. The highest BCUT2D eigenvalue weighted by molar-refractivity contribution is 7.80. The van der Waals surface area contributed by atoms with E-state index in [1.165, 1.54) is 30.3 Å². The molecule has 0 spiro atoms. The van der Waals surface area contributed by atoms with E-state index in [4.69, 9.17) is 17.0 Å². The van der Waals surface area contributed by atoms with Crippen molar-refractivity contribution in [3.05, 3.63) is 96.1 Å². The van der Waals surface area contributed by atoms with Crippen LogP contribution in [0.3, 0.4) is 0 Å². The Hall–Kier alpha value is -3.43. The lowest BCUT2D eigenvalue weighted by molar-refractivity contribution is -0.285. The third-order valence-electron chi connectivity index (χ3n) is 5.34. The predicted molar refractivity (Wildman–Crippen MR) is 120 cm³/mol. The van der Waals surface area contributed by atoms with Crippen LogP contribution in [0.1, 0.15) is 22.0 Å². The predicted octanol–water partition coefficient (Wildman–Crippen LogP) is 4.75. The molecule has 1 fully saturated rings. The van der Waals surface area contributed by atoms with Gasteiger partial charge in [-0.15, -0.1) is 0 Å². The van der Waals surface area contributed by atoms with Gasteiger partial charge < -0.3 is 20.5 Å². The first-order chi connectivity index (χ1) is 15.7. The van der Waals surface area contributed by atoms with Crippen LogP contribution in [-0.2, 0) is 0 Å². The SMILES string of the molecule is O=C(c1ccccc1)[C@@H]1[C@@H](c2cccc(Oc3ccccc3)c2)NC(=S)N[C@@]1(O)C(F)(F)F. The van der Waals surface area contributed by atoms with Crippen molar-refractivity contribution < 1.29 is 27.8 Å². The number of ether oxygens (including phenoxy) is 1. The van der Waals surface area contributed by atoms with Crippen molar-refractivity contribution in [2.24, 2.45) is 5.92 Å². The highest BCUT2D eigenvalue weighted by atomic mass is 32.1. The van der Waals surface area contributed by atoms with Crippen molar-refractivity contribution in [3.8, 4) is 11.5 Å². The Morgan fingerprint density at radius 3 is 2.18 bits per heavy atom. The number of carbonyl (C=O) groups excluding carboxylic acids is 1. The molecule has 33 heavy (non-hydrogen) atoms. The number of thiocarbonyl (C=S) groups is 1. The number of hydrogen-bond acceptors (Lipinski definition) is 4. The Labute approximate surface area is 193 Å². The van der Waals surface area contributed by atoms with E-state index in [2.05, 4.69) is 5.32 Å². The molecule has 4 rings (SSSR count). The van der Waals surface area contributed by atoms with E-state index < -0.39 is 34.8 Å². The van der Waals surface area contributed by atoms with Gasteiger partial charge in [0, 0.05) is 5.56 Å². The molecule has 170 valence electrons. The number of aliphatic hydroxyl groups is 1. The van der Waals surface area contributed by atoms with Gasteiger partial charge in [0.25, 0.3) is 0 Å². The van der Waals surface area contributed by atoms with E-state index in [0.717, 1.165) is 0 Å². The molecule has 1 saturated heterocycles. The van der Waals surface area contributed by atoms with Gasteiger partial charge in [-0.3, -0.25) is 4.79 Å². The van der Waals surface area contributed by atoms with Crippen LogP contribution in [0, 0.1) is 5.92 Å². The highest BCUT2D eigenvalue weighted by Crippen LogP contribution is 2.44. The molecule has 0 unspecified atom stereocenters. The number of para-hydroxylation sites is 1. The molecule has 0 amide bonds. The first-order valence-corrected chi connectivity index (χ1v) is 10.4. The maximum absolute atomic E-state index is 14.1. The maximum atomic E-state index is 14.1. The summed E-state index contributed by atoms with van der Waals surface area (Å²) in [4.78, 5) is 13.3. The molecule has 3 atom stereocenters. The van der Waals surface area contributed by atoms with Gasteiger partial charge in [0.05, 0.1) is 6.04 Å². The zero-order chi connectivity index (χ0) is 23.6. The number of Topliss-reactive ketones (excluding diaryl/α,β-unsaturated/α-hetero) is 1. The fraction of sp³-hybridized carbons (Fsp3) is 0.167. The standard InChI is InChI=1S/C24H19F3N2O3S/c25-24(26,27)23(31)19(21(30)15-8-3-1-4-9-15)20(28-22(33)29-23)16-10-7-13-18(14-16)32-17-11-5-2-6-12-17/h1-14,19-20,31H,(H2,28,29,33)/t19-,20+,23-/m0/s1. The molecule has 3 aromatic carbocycles. The summed E-state index contributed by atoms with van der Waals surface area (Å²) in [5, 5.41) is 15.0. The molecule has 3 aromatic rings. The third kappa shape index (κ3) is 4.55. The number of benzene rings is 3. The van der Waals surface area contributed by atoms with Crippen LogP contribution in [0.15, 0.2) is 84.9 Å². The van der Waals surface area contributed by atoms with Crippen LogP contribution >= 0.6 is 12.2 Å². The quantitative estimate of drug-likeness (QED) is 0.368. The smallest absolute Gasteiger partial charge is 0.437 e. The molecular weight excluding hydrogens is 453 g/mol. The summed E-state index contributed by atoms with van der Waals surface area (Å²) < 4.78 is 48.1. The minimum absolute atomic E-state index is 0.0308. The van der Waals surface area contributed by atoms with Crippen molar-refractivity contribution in [1.82, 2.24) is 10.6 Å². The second kappa shape index (κ2) is 8.84. The number of rotatable bonds is 5. The Balaban J connectivity index is 1.78. The van der Waals surface area contributed by atoms with Crippen LogP contribution in [0.5, 0.6) is 11.5 Å². The summed E-state index contributed by atoms with van der Waals surface area (Å²) in [6.45, 7) is 0. The van der Waals surface area contributed by atoms with Gasteiger partial charge >= 0.3 is 6.18 Å². The lowest BCUT2D eigenvalue weighted by atomic mass is 9.77. The van der Waals surface area contributed by atoms with Crippen molar-refractivity contribution in [1.29, 1.82) is 0 Å². The molecule has 5 nitrogen and oxygen atoms in total. The van der Waals surface area contributed by atoms with Crippen LogP contribution in [0.25, 0.3) is 0 Å². The van der Waals surface area contributed by atoms with Crippen molar-refractivity contribution in [3.63, 3.8) is 0 Å². The van der Waals surface area contributed by atoms with Gasteiger partial charge in [-0.1, -0.05) is 60.7 Å². The second-order valence-electron chi connectivity index (χ2n) is 7.54. The molecule has 1 aliphatic rings. The Kier molecular flexibility index (Phi) is 6.09. The minimum atomic E-state index is -5.19. The van der Waals surface area contributed by atoms with Crippen LogP contribution in [0.4, 0.5) is 13.2 Å². The number of hydrogen-bond donors (Lipinski definition) is 3. The average Bonchev–Trinajstić information content (AvgIpc) is 2.79. The van der Waals surface area contributed by atoms with E-state index in [9.17, 15) is 23.1 Å². The van der Waals surface area contributed by atoms with Crippen LogP contribution in [-0.4, -0.2) is 27.9 Å². The fourth-order valence-electron chi connectivity index (χ4n) is 3.79. The highest BCUT2D eigenvalue weighted by Gasteiger charge is 2.65. The molecule has 3 N–H and O–H groups in total. The fourth-order valence-corrected chi connectivity index (χ4v) is 4.08. The minimum Gasteiger partial charge on any atom is -0.457 e. The number of ketones is 1. The summed E-state index contributed by atoms with van der Waals surface area (Å²) in [7, 11) is 0. The first kappa shape index (κ1) is 22.8. The summed E-state index contributed by atoms with van der Waals surface area (Å²) >= 11 is 4.97. The van der Waals surface area contributed by atoms with Gasteiger partial charge in [-0.05, 0) is 42.0 Å². The Bertz CT molecular complexity index is 1160. The number of nitrogens with one attached hydrogen (secondary N) is 2. The van der Waals surface area contributed by atoms with E-state index in [-0.39, 0.29) is 5.56 Å². The number of carbonyl (C=O) groups is 1. The number of halogens is 3. The average molecular weight is 472 g/mol. The van der Waals surface area contributed by atoms with E-state index in [0.29, 0.717) is 17.1 Å². The van der Waals surface area contributed by atoms with Gasteiger partial charge in [0.2, 0.25) is 5.72 Å². The van der Waals surface area contributed by atoms with Crippen molar-refractivity contribution in [2.45, 2.75) is 17.9 Å². The van der Waals surface area contributed by atoms with Gasteiger partial charge in [0.1, 0.15) is 17.4 Å². The van der Waals surface area contributed by atoms with Gasteiger partial charge in [-0.2, -0.15) is 13.2 Å². The van der Waals surface area contributed by atoms with Gasteiger partial charge in [-0.25, -0.2) is 0 Å². The van der Waals surface area contributed by atoms with Crippen molar-refractivity contribution >= 4 is 23.1 Å². The summed E-state index contributed by atoms with van der Waals surface area (Å²) in [6, 6.07) is 21.4. The molecule has 0 bridgehead atoms. The number of alkyl halides is 3. The molecule has 1 heterocycles. The zero-order valence-electron chi connectivity index (χ0n) is 17.0. The zero-order valence-corrected chi connectivity index (χ0v) is 17.9. The largest absolute Gasteiger partial charge is 0.457 e. The van der Waals surface area contributed by atoms with Crippen LogP contribution < -0.4 is 15.4 Å². The normalized spacial score (nSPS) is 22.7. The summed E-state index contributed by atoms with van der Waals surface area (Å²) in [5.74, 6) is -1.98. The Morgan fingerprint density at radius 1 is 0.939 bits per heavy atom. The molecule has 0 aliphatic carbocycles. The second-order valence-corrected chi connectivity index (χ2v) is 7.94. The first-order valence-electron chi connectivity index (χ1n) is 9.99. The lowest BCUT2D eigenvalue weighted by Crippen LogP contribution is -2.72. The molecular formula is C24H19F3N2O3S. The topological polar surface area (TPSA) is 70.6 Å². The summed E-state index contributed by atoms with van der Waals surface area (Å²) in [6.07, 6.45) is -5.19. The molecule has 0 aromatic heterocycles. The van der Waals surface area contributed by atoms with Gasteiger partial charge in [0.15, 0.2) is 10.9 Å². The lowest BCUT2D eigenvalue weighted by Gasteiger charge is -2.46. The van der Waals surface area contributed by atoms with E-state index >= 15 is 0 Å². The third-order valence-corrected chi connectivity index (χ3v) is 5.56. The van der Waals surface area contributed by atoms with E-state index in [1.54, 1.807) is 48.5 Å². The summed E-state index contributed by atoms with van der Waals surface area (Å²) in [5.41, 5.74) is -3.25. The Morgan fingerprint density at radius 2 is 1.55 bits per heavy atom. The molecule has 1 aliphatic heterocycles. The van der Waals surface area contributed by atoms with Crippen molar-refractivity contribution in [2.75, 3.05) is 0 Å². The van der Waals surface area contributed by atoms with E-state index in [1.807, 2.05) is 11.4 Å². The maximum Gasteiger partial charge on any atom is 0.437 e. The molecule has 9 heteroatoms. The molecule has 0 saturated carbocycles. The molecule has 0 radical (unpaired) electrons. The van der Waals surface area contributed by atoms with Crippen LogP contribution in [0.2, 0.25) is 0 Å².